The molecule has 3 N–H and O–H groups in total. The third kappa shape index (κ3) is 43.5. The van der Waals surface area contributed by atoms with E-state index in [1.54, 1.807) is 6.08 Å². The molecule has 6 heteroatoms. The molecule has 0 saturated heterocycles. The standard InChI is InChI=1S/C51H95NO5/c1-3-5-7-9-11-13-15-20-25-29-33-37-41-45-51(56)57-46-42-38-34-30-26-22-19-17-18-21-24-28-32-36-40-44-50(55)52-48(47-53)49(54)43-39-35-31-27-23-16-14-12-10-8-6-4-2/h13,15,19,22,39,43,48-49,53-54H,3-12,14,16-18,20-21,23-38,40-42,44-47H2,1-2H3,(H,52,55)/b15-13-,22-19-,43-39+. The quantitative estimate of drug-likeness (QED) is 0.0324. The molecule has 0 aliphatic carbocycles. The summed E-state index contributed by atoms with van der Waals surface area (Å²) >= 11 is 0. The summed E-state index contributed by atoms with van der Waals surface area (Å²) < 4.78 is 5.44. The van der Waals surface area contributed by atoms with Crippen LogP contribution in [0.3, 0.4) is 0 Å². The van der Waals surface area contributed by atoms with Gasteiger partial charge in [0.25, 0.3) is 0 Å². The second-order valence-electron chi connectivity index (χ2n) is 16.8. The molecule has 0 heterocycles. The Morgan fingerprint density at radius 3 is 1.26 bits per heavy atom. The number of carbonyl (C=O) groups excluding carboxylic acids is 2. The van der Waals surface area contributed by atoms with E-state index >= 15 is 0 Å². The fourth-order valence-corrected chi connectivity index (χ4v) is 7.27. The molecule has 0 fully saturated rings. The number of hydrogen-bond acceptors (Lipinski definition) is 5. The van der Waals surface area contributed by atoms with Crippen molar-refractivity contribution in [2.24, 2.45) is 0 Å². The molecule has 0 saturated carbocycles. The van der Waals surface area contributed by atoms with E-state index in [2.05, 4.69) is 43.5 Å². The first kappa shape index (κ1) is 55.1. The van der Waals surface area contributed by atoms with Gasteiger partial charge in [-0.1, -0.05) is 192 Å². The number of allylic oxidation sites excluding steroid dienone is 5. The molecule has 0 radical (unpaired) electrons. The Bertz CT molecular complexity index is 931. The fraction of sp³-hybridized carbons (Fsp3) is 0.843. The van der Waals surface area contributed by atoms with Gasteiger partial charge in [-0.3, -0.25) is 9.59 Å². The minimum absolute atomic E-state index is 0.0214. The number of aliphatic hydroxyl groups is 2. The van der Waals surface area contributed by atoms with Crippen LogP contribution in [-0.4, -0.2) is 47.4 Å². The van der Waals surface area contributed by atoms with Crippen LogP contribution < -0.4 is 5.32 Å². The third-order valence-corrected chi connectivity index (χ3v) is 11.1. The van der Waals surface area contributed by atoms with Gasteiger partial charge in [-0.2, -0.15) is 0 Å². The van der Waals surface area contributed by atoms with Crippen LogP contribution in [0.1, 0.15) is 251 Å². The van der Waals surface area contributed by atoms with E-state index in [0.717, 1.165) is 70.6 Å². The molecule has 0 aromatic carbocycles. The second-order valence-corrected chi connectivity index (χ2v) is 16.8. The van der Waals surface area contributed by atoms with Crippen LogP contribution in [0, 0.1) is 0 Å². The molecule has 0 aromatic rings. The number of ether oxygens (including phenoxy) is 1. The van der Waals surface area contributed by atoms with Crippen molar-refractivity contribution in [2.75, 3.05) is 13.2 Å². The lowest BCUT2D eigenvalue weighted by molar-refractivity contribution is -0.143. The summed E-state index contributed by atoms with van der Waals surface area (Å²) in [5.41, 5.74) is 0. The molecule has 0 aliphatic heterocycles. The van der Waals surface area contributed by atoms with Crippen LogP contribution in [0.4, 0.5) is 0 Å². The number of carbonyl (C=O) groups is 2. The summed E-state index contributed by atoms with van der Waals surface area (Å²) in [5.74, 6) is -0.107. The Kier molecular flexibility index (Phi) is 45.2. The van der Waals surface area contributed by atoms with E-state index in [-0.39, 0.29) is 18.5 Å². The number of hydrogen-bond donors (Lipinski definition) is 3. The van der Waals surface area contributed by atoms with Gasteiger partial charge in [0.2, 0.25) is 5.91 Å². The first-order valence-corrected chi connectivity index (χ1v) is 24.8. The molecule has 0 aromatic heterocycles. The Morgan fingerprint density at radius 2 is 0.825 bits per heavy atom. The maximum atomic E-state index is 12.4. The van der Waals surface area contributed by atoms with Crippen molar-refractivity contribution >= 4 is 11.9 Å². The highest BCUT2D eigenvalue weighted by Crippen LogP contribution is 2.14. The summed E-state index contributed by atoms with van der Waals surface area (Å²) in [5, 5.41) is 23.0. The van der Waals surface area contributed by atoms with E-state index in [1.165, 1.54) is 154 Å². The van der Waals surface area contributed by atoms with Gasteiger partial charge in [0.05, 0.1) is 25.4 Å². The average Bonchev–Trinajstić information content (AvgIpc) is 3.21. The van der Waals surface area contributed by atoms with Crippen LogP contribution in [0.15, 0.2) is 36.5 Å². The van der Waals surface area contributed by atoms with Crippen molar-refractivity contribution in [3.05, 3.63) is 36.5 Å². The minimum Gasteiger partial charge on any atom is -0.466 e. The highest BCUT2D eigenvalue weighted by atomic mass is 16.5. The lowest BCUT2D eigenvalue weighted by Gasteiger charge is -2.20. The Hall–Kier alpha value is -1.92. The summed E-state index contributed by atoms with van der Waals surface area (Å²) in [6.07, 6.45) is 55.6. The lowest BCUT2D eigenvalue weighted by atomic mass is 10.1. The summed E-state index contributed by atoms with van der Waals surface area (Å²) in [6, 6.07) is -0.638. The summed E-state index contributed by atoms with van der Waals surface area (Å²) in [7, 11) is 0. The molecular formula is C51H95NO5. The average molecular weight is 802 g/mol. The van der Waals surface area contributed by atoms with E-state index < -0.39 is 12.1 Å². The molecule has 6 nitrogen and oxygen atoms in total. The number of rotatable bonds is 45. The van der Waals surface area contributed by atoms with Gasteiger partial charge >= 0.3 is 5.97 Å². The number of aliphatic hydroxyl groups excluding tert-OH is 2. The van der Waals surface area contributed by atoms with Crippen molar-refractivity contribution < 1.29 is 24.5 Å². The predicted octanol–water partition coefficient (Wildman–Crippen LogP) is 14.5. The summed E-state index contributed by atoms with van der Waals surface area (Å²) in [6.45, 7) is 4.83. The van der Waals surface area contributed by atoms with Gasteiger partial charge in [0.1, 0.15) is 0 Å². The van der Waals surface area contributed by atoms with Gasteiger partial charge in [0, 0.05) is 12.8 Å². The van der Waals surface area contributed by atoms with Gasteiger partial charge in [-0.25, -0.2) is 0 Å². The van der Waals surface area contributed by atoms with Crippen molar-refractivity contribution in [2.45, 2.75) is 264 Å². The highest BCUT2D eigenvalue weighted by Gasteiger charge is 2.18. The number of unbranched alkanes of at least 4 members (excludes halogenated alkanes) is 30. The number of amides is 1. The molecule has 57 heavy (non-hydrogen) atoms. The molecule has 2 atom stereocenters. The smallest absolute Gasteiger partial charge is 0.305 e. The third-order valence-electron chi connectivity index (χ3n) is 11.1. The molecule has 2 unspecified atom stereocenters. The van der Waals surface area contributed by atoms with Crippen molar-refractivity contribution in [1.82, 2.24) is 5.32 Å². The zero-order valence-electron chi connectivity index (χ0n) is 37.8. The Morgan fingerprint density at radius 1 is 0.474 bits per heavy atom. The van der Waals surface area contributed by atoms with Crippen LogP contribution in [0.5, 0.6) is 0 Å². The zero-order valence-corrected chi connectivity index (χ0v) is 37.8. The molecule has 334 valence electrons. The maximum Gasteiger partial charge on any atom is 0.305 e. The molecular weight excluding hydrogens is 707 g/mol. The monoisotopic (exact) mass is 802 g/mol. The molecule has 0 spiro atoms. The fourth-order valence-electron chi connectivity index (χ4n) is 7.27. The van der Waals surface area contributed by atoms with E-state index in [1.807, 2.05) is 6.08 Å². The Labute approximate surface area is 353 Å². The zero-order chi connectivity index (χ0) is 41.5. The SMILES string of the molecule is CCCCCC/C=C\CCCCCCCC(=O)OCCCCCC/C=C\CCCCCCCCCC(=O)NC(CO)C(O)/C=C/CCCCCCCCCCCC. The van der Waals surface area contributed by atoms with Gasteiger partial charge in [0.15, 0.2) is 0 Å². The van der Waals surface area contributed by atoms with Crippen LogP contribution in [0.2, 0.25) is 0 Å². The minimum atomic E-state index is -0.853. The normalized spacial score (nSPS) is 13.0. The van der Waals surface area contributed by atoms with E-state index in [0.29, 0.717) is 19.4 Å². The van der Waals surface area contributed by atoms with E-state index in [4.69, 9.17) is 4.74 Å². The van der Waals surface area contributed by atoms with Crippen LogP contribution in [-0.2, 0) is 14.3 Å². The summed E-state index contributed by atoms with van der Waals surface area (Å²) in [4.78, 5) is 24.4. The lowest BCUT2D eigenvalue weighted by Crippen LogP contribution is -2.45. The Balaban J connectivity index is 3.52. The van der Waals surface area contributed by atoms with Crippen LogP contribution >= 0.6 is 0 Å². The molecule has 1 amide bonds. The number of nitrogens with one attached hydrogen (secondary N) is 1. The highest BCUT2D eigenvalue weighted by molar-refractivity contribution is 5.76. The largest absolute Gasteiger partial charge is 0.466 e. The van der Waals surface area contributed by atoms with Gasteiger partial charge < -0.3 is 20.3 Å². The van der Waals surface area contributed by atoms with Crippen LogP contribution in [0.25, 0.3) is 0 Å². The first-order valence-electron chi connectivity index (χ1n) is 24.8. The molecule has 0 bridgehead atoms. The maximum absolute atomic E-state index is 12.4. The van der Waals surface area contributed by atoms with Gasteiger partial charge in [-0.15, -0.1) is 0 Å². The van der Waals surface area contributed by atoms with E-state index in [9.17, 15) is 19.8 Å². The van der Waals surface area contributed by atoms with Crippen molar-refractivity contribution in [1.29, 1.82) is 0 Å². The van der Waals surface area contributed by atoms with Crippen molar-refractivity contribution in [3.63, 3.8) is 0 Å². The first-order chi connectivity index (χ1) is 28.0. The van der Waals surface area contributed by atoms with Gasteiger partial charge in [-0.05, 0) is 83.5 Å². The molecule has 0 rings (SSSR count). The topological polar surface area (TPSA) is 95.9 Å². The molecule has 0 aliphatic rings. The van der Waals surface area contributed by atoms with Crippen molar-refractivity contribution in [3.8, 4) is 0 Å². The second kappa shape index (κ2) is 46.8. The number of esters is 1. The predicted molar refractivity (Wildman–Crippen MR) is 246 cm³/mol.